The Balaban J connectivity index is 1.84. The van der Waals surface area contributed by atoms with Gasteiger partial charge in [0, 0.05) is 11.8 Å². The lowest BCUT2D eigenvalue weighted by atomic mass is 9.61. The third kappa shape index (κ3) is 1.61. The second kappa shape index (κ2) is 4.56. The molecule has 2 heteroatoms. The fourth-order valence-electron chi connectivity index (χ4n) is 4.33. The highest BCUT2D eigenvalue weighted by Gasteiger charge is 2.40. The highest BCUT2D eigenvalue weighted by Crippen LogP contribution is 2.55. The Labute approximate surface area is 134 Å². The molecule has 3 aromatic rings. The van der Waals surface area contributed by atoms with Gasteiger partial charge in [0.1, 0.15) is 0 Å². The molecule has 2 bridgehead atoms. The molecule has 0 saturated carbocycles. The van der Waals surface area contributed by atoms with Gasteiger partial charge in [0.25, 0.3) is 0 Å². The topological polar surface area (TPSA) is 32.6 Å². The van der Waals surface area contributed by atoms with E-state index in [0.29, 0.717) is 5.92 Å². The lowest BCUT2D eigenvalue weighted by Crippen LogP contribution is -2.27. The van der Waals surface area contributed by atoms with Crippen molar-refractivity contribution in [1.82, 2.24) is 0 Å². The number of hydrogen-bond acceptors (Lipinski definition) is 2. The highest BCUT2D eigenvalue weighted by atomic mass is 16.4. The van der Waals surface area contributed by atoms with Crippen molar-refractivity contribution in [3.63, 3.8) is 0 Å². The highest BCUT2D eigenvalue weighted by molar-refractivity contribution is 5.81. The van der Waals surface area contributed by atoms with Crippen molar-refractivity contribution in [2.24, 2.45) is 5.16 Å². The van der Waals surface area contributed by atoms with E-state index in [4.69, 9.17) is 5.21 Å². The summed E-state index contributed by atoms with van der Waals surface area (Å²) < 4.78 is 0. The molecule has 3 aromatic carbocycles. The van der Waals surface area contributed by atoms with Gasteiger partial charge in [0.15, 0.2) is 0 Å². The third-order valence-electron chi connectivity index (χ3n) is 5.18. The van der Waals surface area contributed by atoms with Crippen molar-refractivity contribution < 1.29 is 5.21 Å². The van der Waals surface area contributed by atoms with Gasteiger partial charge >= 0.3 is 0 Å². The monoisotopic (exact) mass is 297 g/mol. The molecular formula is C21H15NO. The Morgan fingerprint density at radius 2 is 1.13 bits per heavy atom. The molecule has 6 rings (SSSR count). The van der Waals surface area contributed by atoms with Gasteiger partial charge in [-0.15, -0.1) is 0 Å². The molecule has 110 valence electrons. The lowest BCUT2D eigenvalue weighted by Gasteiger charge is -2.42. The summed E-state index contributed by atoms with van der Waals surface area (Å²) in [6.07, 6.45) is 1.50. The van der Waals surface area contributed by atoms with Gasteiger partial charge in [-0.3, -0.25) is 0 Å². The van der Waals surface area contributed by atoms with Crippen LogP contribution in [0.3, 0.4) is 0 Å². The van der Waals surface area contributed by atoms with Gasteiger partial charge < -0.3 is 5.21 Å². The van der Waals surface area contributed by atoms with Crippen LogP contribution in [0.2, 0.25) is 0 Å². The van der Waals surface area contributed by atoms with E-state index in [1.54, 1.807) is 0 Å². The number of nitrogens with zero attached hydrogens (tertiary/aromatic N) is 1. The summed E-state index contributed by atoms with van der Waals surface area (Å²) in [5, 5.41) is 12.0. The number of benzene rings is 3. The maximum atomic E-state index is 8.84. The molecule has 0 aliphatic heterocycles. The van der Waals surface area contributed by atoms with E-state index in [9.17, 15) is 0 Å². The van der Waals surface area contributed by atoms with Crippen LogP contribution in [0.15, 0.2) is 71.9 Å². The summed E-state index contributed by atoms with van der Waals surface area (Å²) in [5.74, 6) is 0.581. The van der Waals surface area contributed by atoms with E-state index in [0.717, 1.165) is 5.56 Å². The maximum Gasteiger partial charge on any atom is 0.0733 e. The van der Waals surface area contributed by atoms with Crippen molar-refractivity contribution in [1.29, 1.82) is 0 Å². The van der Waals surface area contributed by atoms with E-state index in [1.165, 1.54) is 39.6 Å². The van der Waals surface area contributed by atoms with Gasteiger partial charge in [-0.2, -0.15) is 0 Å². The zero-order chi connectivity index (χ0) is 15.4. The molecule has 0 unspecified atom stereocenters. The summed E-state index contributed by atoms with van der Waals surface area (Å²) in [7, 11) is 0. The zero-order valence-corrected chi connectivity index (χ0v) is 12.5. The van der Waals surface area contributed by atoms with Gasteiger partial charge in [0.05, 0.1) is 6.21 Å². The van der Waals surface area contributed by atoms with Gasteiger partial charge in [-0.25, -0.2) is 0 Å². The minimum Gasteiger partial charge on any atom is -0.411 e. The molecule has 0 amide bonds. The fourth-order valence-corrected chi connectivity index (χ4v) is 4.33. The largest absolute Gasteiger partial charge is 0.411 e. The van der Waals surface area contributed by atoms with Crippen LogP contribution in [0.5, 0.6) is 0 Å². The second-order valence-electron chi connectivity index (χ2n) is 6.26. The number of hydrogen-bond donors (Lipinski definition) is 1. The zero-order valence-electron chi connectivity index (χ0n) is 12.5. The first-order valence-corrected chi connectivity index (χ1v) is 7.87. The number of oxime groups is 1. The van der Waals surface area contributed by atoms with Gasteiger partial charge in [-0.05, 0) is 45.0 Å². The Bertz CT molecular complexity index is 910. The molecule has 3 aliphatic rings. The average Bonchev–Trinajstić information content (AvgIpc) is 2.61. The van der Waals surface area contributed by atoms with E-state index in [-0.39, 0.29) is 5.92 Å². The van der Waals surface area contributed by atoms with Crippen molar-refractivity contribution in [3.05, 3.63) is 106 Å². The molecule has 0 spiro atoms. The molecule has 0 atom stereocenters. The maximum absolute atomic E-state index is 8.84. The van der Waals surface area contributed by atoms with Crippen LogP contribution in [-0.4, -0.2) is 11.4 Å². The molecule has 0 radical (unpaired) electrons. The predicted molar refractivity (Wildman–Crippen MR) is 90.6 cm³/mol. The summed E-state index contributed by atoms with van der Waals surface area (Å²) in [6.45, 7) is 0. The van der Waals surface area contributed by atoms with E-state index in [2.05, 4.69) is 65.8 Å². The second-order valence-corrected chi connectivity index (χ2v) is 6.26. The van der Waals surface area contributed by atoms with Crippen LogP contribution < -0.4 is 0 Å². The van der Waals surface area contributed by atoms with E-state index >= 15 is 0 Å². The molecule has 0 saturated heterocycles. The first-order valence-electron chi connectivity index (χ1n) is 7.87. The molecule has 1 N–H and O–H groups in total. The molecular weight excluding hydrogens is 282 g/mol. The first kappa shape index (κ1) is 12.7. The molecule has 23 heavy (non-hydrogen) atoms. The van der Waals surface area contributed by atoms with Crippen LogP contribution >= 0.6 is 0 Å². The van der Waals surface area contributed by atoms with Crippen LogP contribution in [0.1, 0.15) is 50.8 Å². The standard InChI is InChI=1S/C21H15NO/c23-22-12-13-9-10-18-19(11-13)21-16-7-3-1-5-14(16)20(18)15-6-2-4-8-17(15)21/h1-12,20-21,23H/b22-12+. The lowest BCUT2D eigenvalue weighted by molar-refractivity contribution is 0.322. The van der Waals surface area contributed by atoms with Crippen molar-refractivity contribution >= 4 is 6.21 Å². The van der Waals surface area contributed by atoms with Crippen LogP contribution in [-0.2, 0) is 0 Å². The van der Waals surface area contributed by atoms with Crippen molar-refractivity contribution in [2.45, 2.75) is 11.8 Å². The van der Waals surface area contributed by atoms with Crippen LogP contribution in [0.4, 0.5) is 0 Å². The van der Waals surface area contributed by atoms with Gasteiger partial charge in [0.2, 0.25) is 0 Å². The Morgan fingerprint density at radius 3 is 1.65 bits per heavy atom. The molecule has 0 aromatic heterocycles. The molecule has 2 nitrogen and oxygen atoms in total. The predicted octanol–water partition coefficient (Wildman–Crippen LogP) is 4.48. The SMILES string of the molecule is O/N=C/c1ccc2c(c1)C1c3ccccc3C2c2ccccc21. The average molecular weight is 297 g/mol. The van der Waals surface area contributed by atoms with Crippen LogP contribution in [0.25, 0.3) is 0 Å². The van der Waals surface area contributed by atoms with Crippen molar-refractivity contribution in [3.8, 4) is 0 Å². The van der Waals surface area contributed by atoms with Crippen LogP contribution in [0, 0.1) is 0 Å². The normalized spacial score (nSPS) is 20.2. The summed E-state index contributed by atoms with van der Waals surface area (Å²) >= 11 is 0. The van der Waals surface area contributed by atoms with Crippen molar-refractivity contribution in [2.75, 3.05) is 0 Å². The minimum atomic E-state index is 0.273. The fraction of sp³-hybridized carbons (Fsp3) is 0.0952. The summed E-state index contributed by atoms with van der Waals surface area (Å²) in [4.78, 5) is 0. The number of rotatable bonds is 1. The Kier molecular flexibility index (Phi) is 2.51. The smallest absolute Gasteiger partial charge is 0.0733 e. The molecule has 0 fully saturated rings. The van der Waals surface area contributed by atoms with E-state index in [1.807, 2.05) is 6.07 Å². The summed E-state index contributed by atoms with van der Waals surface area (Å²) in [6, 6.07) is 23.9. The summed E-state index contributed by atoms with van der Waals surface area (Å²) in [5.41, 5.74) is 9.31. The van der Waals surface area contributed by atoms with Gasteiger partial charge in [-0.1, -0.05) is 65.8 Å². The Hall–Kier alpha value is -2.87. The minimum absolute atomic E-state index is 0.273. The molecule has 0 heterocycles. The third-order valence-corrected chi connectivity index (χ3v) is 5.18. The Morgan fingerprint density at radius 1 is 0.652 bits per heavy atom. The quantitative estimate of drug-likeness (QED) is 0.276. The molecule has 3 aliphatic carbocycles. The van der Waals surface area contributed by atoms with E-state index < -0.39 is 0 Å². The first-order chi connectivity index (χ1) is 11.4.